The third-order valence-electron chi connectivity index (χ3n) is 3.83. The molecule has 2 aromatic carbocycles. The summed E-state index contributed by atoms with van der Waals surface area (Å²) in [7, 11) is 0. The zero-order valence-corrected chi connectivity index (χ0v) is 13.3. The van der Waals surface area contributed by atoms with Crippen LogP contribution in [0.1, 0.15) is 22.5 Å². The summed E-state index contributed by atoms with van der Waals surface area (Å²) < 4.78 is 0. The van der Waals surface area contributed by atoms with Crippen molar-refractivity contribution in [2.24, 2.45) is 5.84 Å². The van der Waals surface area contributed by atoms with E-state index in [4.69, 9.17) is 5.84 Å². The van der Waals surface area contributed by atoms with Crippen LogP contribution < -0.4 is 11.3 Å². The Kier molecular flexibility index (Phi) is 4.50. The first-order valence-electron chi connectivity index (χ1n) is 7.59. The molecule has 118 valence electrons. The minimum Gasteiger partial charge on any atom is -0.308 e. The molecule has 24 heavy (non-hydrogen) atoms. The van der Waals surface area contributed by atoms with Gasteiger partial charge >= 0.3 is 0 Å². The van der Waals surface area contributed by atoms with E-state index in [1.54, 1.807) is 6.20 Å². The number of aryl methyl sites for hydroxylation is 1. The standard InChI is InChI=1S/C19H17N5/c1-13-22-12-17(19(23-13)24-21)10-14-6-8-15(9-7-14)18-5-3-2-4-16(18)11-20/h2-9,12H,10,21H2,1H3,(H,22,23,24). The molecule has 0 radical (unpaired) electrons. The van der Waals surface area contributed by atoms with Gasteiger partial charge in [0.2, 0.25) is 0 Å². The molecule has 1 aromatic heterocycles. The summed E-state index contributed by atoms with van der Waals surface area (Å²) in [4.78, 5) is 8.52. The lowest BCUT2D eigenvalue weighted by atomic mass is 9.98. The molecular formula is C19H17N5. The van der Waals surface area contributed by atoms with Crippen LogP contribution in [0.2, 0.25) is 0 Å². The third kappa shape index (κ3) is 3.24. The molecule has 5 heteroatoms. The number of aromatic nitrogens is 2. The van der Waals surface area contributed by atoms with Gasteiger partial charge in [0.05, 0.1) is 11.6 Å². The molecule has 3 N–H and O–H groups in total. The molecule has 0 fully saturated rings. The highest BCUT2D eigenvalue weighted by Gasteiger charge is 2.07. The van der Waals surface area contributed by atoms with Crippen LogP contribution in [0.15, 0.2) is 54.7 Å². The normalized spacial score (nSPS) is 10.2. The van der Waals surface area contributed by atoms with E-state index in [2.05, 4.69) is 21.5 Å². The smallest absolute Gasteiger partial charge is 0.147 e. The topological polar surface area (TPSA) is 87.6 Å². The first-order valence-corrected chi connectivity index (χ1v) is 7.59. The number of benzene rings is 2. The van der Waals surface area contributed by atoms with E-state index in [-0.39, 0.29) is 0 Å². The molecule has 0 unspecified atom stereocenters. The molecule has 0 amide bonds. The molecule has 0 spiro atoms. The Labute approximate surface area is 140 Å². The number of nitrogen functional groups attached to an aromatic ring is 1. The van der Waals surface area contributed by atoms with E-state index < -0.39 is 0 Å². The van der Waals surface area contributed by atoms with Crippen LogP contribution in [0.4, 0.5) is 5.82 Å². The average molecular weight is 315 g/mol. The van der Waals surface area contributed by atoms with Crippen LogP contribution in [0.3, 0.4) is 0 Å². The first kappa shape index (κ1) is 15.7. The summed E-state index contributed by atoms with van der Waals surface area (Å²) in [6.45, 7) is 1.83. The lowest BCUT2D eigenvalue weighted by Crippen LogP contribution is -2.12. The Morgan fingerprint density at radius 3 is 2.58 bits per heavy atom. The van der Waals surface area contributed by atoms with Crippen molar-refractivity contribution in [3.05, 3.63) is 77.2 Å². The van der Waals surface area contributed by atoms with Gasteiger partial charge in [-0.2, -0.15) is 5.26 Å². The van der Waals surface area contributed by atoms with E-state index in [1.165, 1.54) is 0 Å². The summed E-state index contributed by atoms with van der Waals surface area (Å²) in [5.74, 6) is 6.85. The zero-order chi connectivity index (χ0) is 16.9. The number of nitrogens with zero attached hydrogens (tertiary/aromatic N) is 3. The SMILES string of the molecule is Cc1ncc(Cc2ccc(-c3ccccc3C#N)cc2)c(NN)n1. The molecule has 0 aliphatic rings. The number of nitrogens with two attached hydrogens (primary N) is 1. The Morgan fingerprint density at radius 2 is 1.88 bits per heavy atom. The quantitative estimate of drug-likeness (QED) is 0.570. The number of hydrogen-bond acceptors (Lipinski definition) is 5. The maximum absolute atomic E-state index is 9.23. The van der Waals surface area contributed by atoms with Gasteiger partial charge in [0.25, 0.3) is 0 Å². The van der Waals surface area contributed by atoms with Gasteiger partial charge < -0.3 is 5.43 Å². The number of hydrogen-bond donors (Lipinski definition) is 2. The lowest BCUT2D eigenvalue weighted by Gasteiger charge is -2.09. The fourth-order valence-corrected chi connectivity index (χ4v) is 2.60. The molecule has 0 saturated carbocycles. The van der Waals surface area contributed by atoms with Crippen molar-refractivity contribution < 1.29 is 0 Å². The van der Waals surface area contributed by atoms with Crippen LogP contribution in [0.5, 0.6) is 0 Å². The van der Waals surface area contributed by atoms with Crippen LogP contribution >= 0.6 is 0 Å². The summed E-state index contributed by atoms with van der Waals surface area (Å²) in [5.41, 5.74) is 7.32. The summed E-state index contributed by atoms with van der Waals surface area (Å²) in [6, 6.07) is 18.0. The monoisotopic (exact) mass is 315 g/mol. The number of nitrogens with one attached hydrogen (secondary N) is 1. The fraction of sp³-hybridized carbons (Fsp3) is 0.105. The van der Waals surface area contributed by atoms with E-state index >= 15 is 0 Å². The van der Waals surface area contributed by atoms with Crippen molar-refractivity contribution in [1.82, 2.24) is 9.97 Å². The molecule has 0 aliphatic heterocycles. The van der Waals surface area contributed by atoms with Gasteiger partial charge in [-0.1, -0.05) is 42.5 Å². The highest BCUT2D eigenvalue weighted by molar-refractivity contribution is 5.70. The molecule has 1 heterocycles. The van der Waals surface area contributed by atoms with E-state index in [0.29, 0.717) is 23.6 Å². The maximum atomic E-state index is 9.23. The van der Waals surface area contributed by atoms with Gasteiger partial charge in [0.15, 0.2) is 0 Å². The fourth-order valence-electron chi connectivity index (χ4n) is 2.60. The molecular weight excluding hydrogens is 298 g/mol. The maximum Gasteiger partial charge on any atom is 0.147 e. The molecule has 3 rings (SSSR count). The van der Waals surface area contributed by atoms with Crippen LogP contribution in [0, 0.1) is 18.3 Å². The van der Waals surface area contributed by atoms with Gasteiger partial charge in [-0.05, 0) is 29.7 Å². The minimum atomic E-state index is 0.640. The van der Waals surface area contributed by atoms with Crippen LogP contribution in [0.25, 0.3) is 11.1 Å². The predicted molar refractivity (Wildman–Crippen MR) is 94.0 cm³/mol. The Morgan fingerprint density at radius 1 is 1.12 bits per heavy atom. The van der Waals surface area contributed by atoms with Crippen LogP contribution in [-0.4, -0.2) is 9.97 Å². The minimum absolute atomic E-state index is 0.640. The van der Waals surface area contributed by atoms with Crippen molar-refractivity contribution in [2.45, 2.75) is 13.3 Å². The summed E-state index contributed by atoms with van der Waals surface area (Å²) >= 11 is 0. The zero-order valence-electron chi connectivity index (χ0n) is 13.3. The second-order valence-electron chi connectivity index (χ2n) is 5.47. The molecule has 0 atom stereocenters. The molecule has 3 aromatic rings. The Hall–Kier alpha value is -3.23. The van der Waals surface area contributed by atoms with Gasteiger partial charge in [-0.3, -0.25) is 0 Å². The van der Waals surface area contributed by atoms with Gasteiger partial charge in [0.1, 0.15) is 11.6 Å². The van der Waals surface area contributed by atoms with Crippen LogP contribution in [-0.2, 0) is 6.42 Å². The van der Waals surface area contributed by atoms with Crippen molar-refractivity contribution in [2.75, 3.05) is 5.43 Å². The number of hydrazine groups is 1. The third-order valence-corrected chi connectivity index (χ3v) is 3.83. The van der Waals surface area contributed by atoms with Gasteiger partial charge in [-0.15, -0.1) is 0 Å². The molecule has 0 aliphatic carbocycles. The molecule has 0 saturated heterocycles. The highest BCUT2D eigenvalue weighted by Crippen LogP contribution is 2.24. The second-order valence-corrected chi connectivity index (χ2v) is 5.47. The van der Waals surface area contributed by atoms with E-state index in [0.717, 1.165) is 22.3 Å². The van der Waals surface area contributed by atoms with Crippen molar-refractivity contribution in [3.8, 4) is 17.2 Å². The van der Waals surface area contributed by atoms with Crippen molar-refractivity contribution >= 4 is 5.82 Å². The highest BCUT2D eigenvalue weighted by atomic mass is 15.3. The predicted octanol–water partition coefficient (Wildman–Crippen LogP) is 3.20. The Bertz CT molecular complexity index is 894. The Balaban J connectivity index is 1.87. The van der Waals surface area contributed by atoms with E-state index in [9.17, 15) is 5.26 Å². The van der Waals surface area contributed by atoms with E-state index in [1.807, 2.05) is 55.5 Å². The van der Waals surface area contributed by atoms with Gasteiger partial charge in [0, 0.05) is 18.2 Å². The molecule has 0 bridgehead atoms. The van der Waals surface area contributed by atoms with Crippen molar-refractivity contribution in [1.29, 1.82) is 5.26 Å². The summed E-state index contributed by atoms with van der Waals surface area (Å²) in [6.07, 6.45) is 2.47. The number of anilines is 1. The second kappa shape index (κ2) is 6.90. The lowest BCUT2D eigenvalue weighted by molar-refractivity contribution is 0.996. The van der Waals surface area contributed by atoms with Crippen molar-refractivity contribution in [3.63, 3.8) is 0 Å². The number of nitriles is 1. The number of rotatable bonds is 4. The largest absolute Gasteiger partial charge is 0.308 e. The summed E-state index contributed by atoms with van der Waals surface area (Å²) in [5, 5.41) is 9.23. The average Bonchev–Trinajstić information content (AvgIpc) is 2.63. The van der Waals surface area contributed by atoms with Gasteiger partial charge in [-0.25, -0.2) is 15.8 Å². The molecule has 5 nitrogen and oxygen atoms in total. The first-order chi connectivity index (χ1) is 11.7.